The summed E-state index contributed by atoms with van der Waals surface area (Å²) in [6, 6.07) is 13.8. The molecule has 3 aromatic rings. The van der Waals surface area contributed by atoms with E-state index >= 15 is 0 Å². The molecule has 0 bridgehead atoms. The second-order valence-electron chi connectivity index (χ2n) is 7.12. The number of aromatic nitrogens is 2. The molecule has 3 N–H and O–H groups in total. The number of aromatic amines is 1. The van der Waals surface area contributed by atoms with Gasteiger partial charge in [0, 0.05) is 41.5 Å². The van der Waals surface area contributed by atoms with Gasteiger partial charge in [-0.05, 0) is 42.5 Å². The number of hydrogen-bond acceptors (Lipinski definition) is 3. The predicted molar refractivity (Wildman–Crippen MR) is 101 cm³/mol. The Morgan fingerprint density at radius 1 is 1.23 bits per heavy atom. The molecule has 26 heavy (non-hydrogen) atoms. The Morgan fingerprint density at radius 3 is 2.81 bits per heavy atom. The van der Waals surface area contributed by atoms with Crippen LogP contribution < -0.4 is 5.32 Å². The van der Waals surface area contributed by atoms with Gasteiger partial charge in [-0.15, -0.1) is 0 Å². The first-order chi connectivity index (χ1) is 12.7. The van der Waals surface area contributed by atoms with Crippen molar-refractivity contribution in [3.63, 3.8) is 0 Å². The highest BCUT2D eigenvalue weighted by molar-refractivity contribution is 5.88. The SMILES string of the molecule is O=C(Cc1c[nH]c2ccccc12)NC(Cc1ccccn1)C1CC(O)C1. The van der Waals surface area contributed by atoms with Crippen molar-refractivity contribution in [2.75, 3.05) is 0 Å². The van der Waals surface area contributed by atoms with Crippen molar-refractivity contribution in [3.8, 4) is 0 Å². The van der Waals surface area contributed by atoms with E-state index in [1.165, 1.54) is 0 Å². The zero-order chi connectivity index (χ0) is 17.9. The average molecular weight is 349 g/mol. The van der Waals surface area contributed by atoms with Crippen molar-refractivity contribution in [2.45, 2.75) is 37.8 Å². The summed E-state index contributed by atoms with van der Waals surface area (Å²) in [5.74, 6) is 0.316. The summed E-state index contributed by atoms with van der Waals surface area (Å²) in [6.45, 7) is 0. The lowest BCUT2D eigenvalue weighted by atomic mass is 9.76. The average Bonchev–Trinajstić information content (AvgIpc) is 3.02. The van der Waals surface area contributed by atoms with E-state index in [0.717, 1.165) is 35.0 Å². The van der Waals surface area contributed by atoms with Crippen LogP contribution in [0.25, 0.3) is 10.9 Å². The van der Waals surface area contributed by atoms with Crippen LogP contribution >= 0.6 is 0 Å². The summed E-state index contributed by atoms with van der Waals surface area (Å²) in [5, 5.41) is 13.9. The molecule has 5 nitrogen and oxygen atoms in total. The Morgan fingerprint density at radius 2 is 2.04 bits per heavy atom. The number of carbonyl (C=O) groups excluding carboxylic acids is 1. The quantitative estimate of drug-likeness (QED) is 0.640. The van der Waals surface area contributed by atoms with Crippen molar-refractivity contribution in [2.24, 2.45) is 5.92 Å². The lowest BCUT2D eigenvalue weighted by Gasteiger charge is -2.38. The fourth-order valence-corrected chi connectivity index (χ4v) is 3.75. The second-order valence-corrected chi connectivity index (χ2v) is 7.12. The standard InChI is InChI=1S/C21H23N3O2/c25-17-9-14(10-17)20(12-16-5-3-4-8-22-16)24-21(26)11-15-13-23-19-7-2-1-6-18(15)19/h1-8,13-14,17,20,23,25H,9-12H2,(H,24,26). The molecule has 1 amide bonds. The van der Waals surface area contributed by atoms with Crippen molar-refractivity contribution in [1.29, 1.82) is 0 Å². The van der Waals surface area contributed by atoms with Gasteiger partial charge in [0.05, 0.1) is 12.5 Å². The summed E-state index contributed by atoms with van der Waals surface area (Å²) >= 11 is 0. The Hall–Kier alpha value is -2.66. The maximum Gasteiger partial charge on any atom is 0.224 e. The van der Waals surface area contributed by atoms with E-state index in [9.17, 15) is 9.90 Å². The van der Waals surface area contributed by atoms with E-state index in [0.29, 0.717) is 18.8 Å². The Kier molecular flexibility index (Phi) is 4.71. The van der Waals surface area contributed by atoms with Gasteiger partial charge in [0.25, 0.3) is 0 Å². The van der Waals surface area contributed by atoms with Gasteiger partial charge in [0.2, 0.25) is 5.91 Å². The smallest absolute Gasteiger partial charge is 0.224 e. The number of aliphatic hydroxyl groups excluding tert-OH is 1. The third-order valence-corrected chi connectivity index (χ3v) is 5.25. The van der Waals surface area contributed by atoms with Gasteiger partial charge >= 0.3 is 0 Å². The molecule has 2 heterocycles. The number of nitrogens with zero attached hydrogens (tertiary/aromatic N) is 1. The normalized spacial score (nSPS) is 20.5. The zero-order valence-electron chi connectivity index (χ0n) is 14.6. The summed E-state index contributed by atoms with van der Waals surface area (Å²) in [6.07, 6.45) is 5.96. The zero-order valence-corrected chi connectivity index (χ0v) is 14.6. The molecule has 1 aromatic carbocycles. The number of pyridine rings is 1. The Labute approximate surface area is 152 Å². The van der Waals surface area contributed by atoms with Gasteiger partial charge in [-0.3, -0.25) is 9.78 Å². The molecule has 4 rings (SSSR count). The number of amides is 1. The number of carbonyl (C=O) groups is 1. The first-order valence-corrected chi connectivity index (χ1v) is 9.11. The molecule has 1 aliphatic carbocycles. The maximum atomic E-state index is 12.7. The summed E-state index contributed by atoms with van der Waals surface area (Å²) in [7, 11) is 0. The minimum Gasteiger partial charge on any atom is -0.393 e. The minimum absolute atomic E-state index is 0.00556. The van der Waals surface area contributed by atoms with Crippen LogP contribution in [0.5, 0.6) is 0 Å². The molecular weight excluding hydrogens is 326 g/mol. The van der Waals surface area contributed by atoms with Crippen LogP contribution in [0.15, 0.2) is 54.9 Å². The van der Waals surface area contributed by atoms with E-state index in [1.807, 2.05) is 48.7 Å². The van der Waals surface area contributed by atoms with Crippen molar-refractivity contribution in [3.05, 3.63) is 66.1 Å². The van der Waals surface area contributed by atoms with E-state index in [4.69, 9.17) is 0 Å². The van der Waals surface area contributed by atoms with Crippen molar-refractivity contribution < 1.29 is 9.90 Å². The maximum absolute atomic E-state index is 12.7. The van der Waals surface area contributed by atoms with Crippen LogP contribution in [0.4, 0.5) is 0 Å². The first kappa shape index (κ1) is 16.8. The molecule has 1 saturated carbocycles. The lowest BCUT2D eigenvalue weighted by Crippen LogP contribution is -2.48. The van der Waals surface area contributed by atoms with Gasteiger partial charge in [-0.25, -0.2) is 0 Å². The monoisotopic (exact) mass is 349 g/mol. The van der Waals surface area contributed by atoms with E-state index in [1.54, 1.807) is 6.20 Å². The van der Waals surface area contributed by atoms with Crippen molar-refractivity contribution in [1.82, 2.24) is 15.3 Å². The predicted octanol–water partition coefficient (Wildman–Crippen LogP) is 2.60. The number of nitrogens with one attached hydrogen (secondary N) is 2. The van der Waals surface area contributed by atoms with E-state index < -0.39 is 0 Å². The number of hydrogen-bond donors (Lipinski definition) is 3. The number of benzene rings is 1. The highest BCUT2D eigenvalue weighted by Gasteiger charge is 2.35. The molecule has 0 aliphatic heterocycles. The fraction of sp³-hybridized carbons (Fsp3) is 0.333. The van der Waals surface area contributed by atoms with E-state index in [-0.39, 0.29) is 18.1 Å². The van der Waals surface area contributed by atoms with Crippen LogP contribution in [0.1, 0.15) is 24.1 Å². The van der Waals surface area contributed by atoms with Gasteiger partial charge in [0.15, 0.2) is 0 Å². The molecule has 1 aliphatic rings. The fourth-order valence-electron chi connectivity index (χ4n) is 3.75. The number of rotatable bonds is 6. The van der Waals surface area contributed by atoms with Gasteiger partial charge in [0.1, 0.15) is 0 Å². The van der Waals surface area contributed by atoms with Crippen LogP contribution in [0, 0.1) is 5.92 Å². The van der Waals surface area contributed by atoms with Gasteiger partial charge in [-0.2, -0.15) is 0 Å². The second kappa shape index (κ2) is 7.30. The number of aliphatic hydroxyl groups is 1. The van der Waals surface area contributed by atoms with E-state index in [2.05, 4.69) is 15.3 Å². The number of fused-ring (bicyclic) bond motifs is 1. The summed E-state index contributed by atoms with van der Waals surface area (Å²) in [5.41, 5.74) is 3.01. The molecular formula is C21H23N3O2. The molecule has 0 spiro atoms. The highest BCUT2D eigenvalue weighted by atomic mass is 16.3. The van der Waals surface area contributed by atoms with Crippen LogP contribution in [0.3, 0.4) is 0 Å². The van der Waals surface area contributed by atoms with Crippen LogP contribution in [-0.2, 0) is 17.6 Å². The first-order valence-electron chi connectivity index (χ1n) is 9.11. The molecule has 2 aromatic heterocycles. The lowest BCUT2D eigenvalue weighted by molar-refractivity contribution is -0.122. The molecule has 0 saturated heterocycles. The van der Waals surface area contributed by atoms with Crippen LogP contribution in [-0.4, -0.2) is 33.1 Å². The molecule has 1 atom stereocenters. The number of para-hydroxylation sites is 1. The molecule has 0 radical (unpaired) electrons. The summed E-state index contributed by atoms with van der Waals surface area (Å²) < 4.78 is 0. The molecule has 1 fully saturated rings. The third kappa shape index (κ3) is 3.63. The molecule has 134 valence electrons. The summed E-state index contributed by atoms with van der Waals surface area (Å²) in [4.78, 5) is 20.3. The number of H-pyrrole nitrogens is 1. The van der Waals surface area contributed by atoms with Gasteiger partial charge < -0.3 is 15.4 Å². The Bertz CT molecular complexity index is 884. The van der Waals surface area contributed by atoms with Gasteiger partial charge in [-0.1, -0.05) is 24.3 Å². The molecule has 5 heteroatoms. The minimum atomic E-state index is -0.239. The van der Waals surface area contributed by atoms with Crippen molar-refractivity contribution >= 4 is 16.8 Å². The highest BCUT2D eigenvalue weighted by Crippen LogP contribution is 2.31. The topological polar surface area (TPSA) is 78.0 Å². The van der Waals surface area contributed by atoms with Crippen LogP contribution in [0.2, 0.25) is 0 Å². The molecule has 1 unspecified atom stereocenters. The Balaban J connectivity index is 1.45. The third-order valence-electron chi connectivity index (χ3n) is 5.25. The largest absolute Gasteiger partial charge is 0.393 e.